The Labute approximate surface area is 279 Å². The molecule has 10 aliphatic rings. The Bertz CT molecular complexity index is 1740. The van der Waals surface area contributed by atoms with Crippen LogP contribution in [0.5, 0.6) is 0 Å². The van der Waals surface area contributed by atoms with Crippen molar-refractivity contribution in [3.63, 3.8) is 0 Å². The van der Waals surface area contributed by atoms with Gasteiger partial charge in [0.15, 0.2) is 9.74 Å². The summed E-state index contributed by atoms with van der Waals surface area (Å²) in [6.07, 6.45) is -1.01. The number of benzene rings is 2. The first-order chi connectivity index (χ1) is 22.1. The van der Waals surface area contributed by atoms with Crippen LogP contribution >= 0.6 is 43.2 Å². The Morgan fingerprint density at radius 3 is 1.43 bits per heavy atom. The lowest BCUT2D eigenvalue weighted by Gasteiger charge is -2.57. The van der Waals surface area contributed by atoms with Gasteiger partial charge in [-0.05, 0) is 44.8 Å². The second-order valence-corrected chi connectivity index (χ2v) is 18.7. The molecule has 0 radical (unpaired) electrons. The SMILES string of the molecule is CN1C(=O)[C@@]23C[C@]4([C@@]56C[C@]78SS[C@](CO)(C(=O)N7[C@@H]5Nc5ccccc56)N(C)C8=O)c5ccccc5N[C@@H]4N2C(=O)[C@]1(CO)SS3. The van der Waals surface area contributed by atoms with Crippen molar-refractivity contribution in [1.29, 1.82) is 0 Å². The molecular formula is C30H28N6O6S4. The zero-order valence-electron chi connectivity index (χ0n) is 24.6. The molecule has 8 saturated heterocycles. The van der Waals surface area contributed by atoms with E-state index in [-0.39, 0.29) is 36.5 Å². The van der Waals surface area contributed by atoms with Crippen LogP contribution in [0.3, 0.4) is 0 Å². The maximum absolute atomic E-state index is 14.7. The highest BCUT2D eigenvalue weighted by Crippen LogP contribution is 2.78. The number of piperazine rings is 2. The molecule has 0 saturated carbocycles. The molecule has 4 N–H and O–H groups in total. The molecule has 12 rings (SSSR count). The van der Waals surface area contributed by atoms with Crippen LogP contribution < -0.4 is 10.6 Å². The molecule has 0 aliphatic carbocycles. The highest BCUT2D eigenvalue weighted by atomic mass is 33.1. The van der Waals surface area contributed by atoms with E-state index >= 15 is 0 Å². The number of aliphatic hydroxyl groups is 2. The van der Waals surface area contributed by atoms with Gasteiger partial charge in [-0.1, -0.05) is 58.0 Å². The van der Waals surface area contributed by atoms with Crippen LogP contribution in [-0.2, 0) is 30.0 Å². The zero-order chi connectivity index (χ0) is 31.8. The van der Waals surface area contributed by atoms with Gasteiger partial charge in [0, 0.05) is 38.3 Å². The van der Waals surface area contributed by atoms with Crippen molar-refractivity contribution in [3.05, 3.63) is 59.7 Å². The highest BCUT2D eigenvalue weighted by Gasteiger charge is 2.87. The number of fused-ring (bicyclic) bond motifs is 11. The van der Waals surface area contributed by atoms with Crippen LogP contribution in [0.15, 0.2) is 48.5 Å². The minimum Gasteiger partial charge on any atom is -0.392 e. The van der Waals surface area contributed by atoms with Crippen molar-refractivity contribution in [2.75, 3.05) is 37.9 Å². The summed E-state index contributed by atoms with van der Waals surface area (Å²) in [5.41, 5.74) is 1.45. The molecule has 2 aromatic rings. The van der Waals surface area contributed by atoms with Crippen molar-refractivity contribution in [3.8, 4) is 0 Å². The molecule has 238 valence electrons. The molecule has 4 bridgehead atoms. The van der Waals surface area contributed by atoms with Gasteiger partial charge in [-0.25, -0.2) is 0 Å². The molecule has 10 heterocycles. The summed E-state index contributed by atoms with van der Waals surface area (Å²) in [6.45, 7) is -1.07. The fraction of sp³-hybridized carbons (Fsp3) is 0.467. The Balaban J connectivity index is 1.29. The number of rotatable bonds is 3. The number of hydrogen-bond donors (Lipinski definition) is 4. The fourth-order valence-corrected chi connectivity index (χ4v) is 17.2. The van der Waals surface area contributed by atoms with Crippen LogP contribution in [0.25, 0.3) is 0 Å². The largest absolute Gasteiger partial charge is 0.392 e. The van der Waals surface area contributed by atoms with Crippen molar-refractivity contribution in [2.24, 2.45) is 0 Å². The van der Waals surface area contributed by atoms with Crippen molar-refractivity contribution >= 4 is 78.2 Å². The fourth-order valence-electron chi connectivity index (χ4n) is 9.92. The predicted molar refractivity (Wildman–Crippen MR) is 175 cm³/mol. The topological polar surface area (TPSA) is 146 Å². The van der Waals surface area contributed by atoms with Crippen LogP contribution in [-0.4, -0.2) is 113 Å². The van der Waals surface area contributed by atoms with Crippen LogP contribution in [0.2, 0.25) is 0 Å². The number of amides is 4. The van der Waals surface area contributed by atoms with Crippen molar-refractivity contribution in [2.45, 2.75) is 55.5 Å². The monoisotopic (exact) mass is 696 g/mol. The quantitative estimate of drug-likeness (QED) is 0.344. The van der Waals surface area contributed by atoms with E-state index in [0.29, 0.717) is 0 Å². The number of carbonyl (C=O) groups excluding carboxylic acids is 4. The standard InChI is InChI=1S/C30H28N6O6S4/c1-33-21(39)27-11-25(15-7-3-5-9-17(15)31-19(25)35(27)23(41)29(33,13-37)45-43-27)26-12-28-22(40)34(2)30(14-38,46-44-28)24(42)36(28)20(26)32-18-10-6-4-8-16(18)26/h3-10,19-20,31-32,37-38H,11-14H2,1-2H3/t19-,20+,25+,26-,27+,28-,29+,30-. The Morgan fingerprint density at radius 2 is 1.04 bits per heavy atom. The molecule has 8 fully saturated rings. The molecule has 2 aromatic carbocycles. The Kier molecular flexibility index (Phi) is 5.08. The van der Waals surface area contributed by atoms with E-state index in [1.807, 2.05) is 48.5 Å². The van der Waals surface area contributed by atoms with Gasteiger partial charge in [-0.2, -0.15) is 0 Å². The van der Waals surface area contributed by atoms with Gasteiger partial charge >= 0.3 is 0 Å². The lowest BCUT2D eigenvalue weighted by atomic mass is 9.54. The summed E-state index contributed by atoms with van der Waals surface area (Å²) >= 11 is 0. The first kappa shape index (κ1) is 28.3. The smallest absolute Gasteiger partial charge is 0.265 e. The number of aliphatic hydroxyl groups excluding tert-OH is 2. The van der Waals surface area contributed by atoms with Crippen molar-refractivity contribution in [1.82, 2.24) is 19.6 Å². The third kappa shape index (κ3) is 2.48. The zero-order valence-corrected chi connectivity index (χ0v) is 27.8. The first-order valence-corrected chi connectivity index (χ1v) is 19.3. The maximum atomic E-state index is 14.7. The summed E-state index contributed by atoms with van der Waals surface area (Å²) in [5.74, 6) is -1.19. The summed E-state index contributed by atoms with van der Waals surface area (Å²) in [4.78, 5) is 59.0. The summed E-state index contributed by atoms with van der Waals surface area (Å²) < 4.78 is 0. The first-order valence-electron chi connectivity index (χ1n) is 15.0. The van der Waals surface area contributed by atoms with Gasteiger partial charge < -0.3 is 30.6 Å². The maximum Gasteiger partial charge on any atom is 0.265 e. The van der Waals surface area contributed by atoms with Gasteiger partial charge in [-0.15, -0.1) is 0 Å². The number of anilines is 2. The van der Waals surface area contributed by atoms with E-state index in [1.54, 1.807) is 23.9 Å². The average Bonchev–Trinajstić information content (AvgIpc) is 3.75. The second-order valence-electron chi connectivity index (χ2n) is 13.3. The molecule has 16 heteroatoms. The van der Waals surface area contributed by atoms with E-state index in [4.69, 9.17) is 0 Å². The molecule has 8 atom stereocenters. The van der Waals surface area contributed by atoms with Crippen LogP contribution in [0, 0.1) is 0 Å². The Morgan fingerprint density at radius 1 is 0.652 bits per heavy atom. The minimum absolute atomic E-state index is 0.223. The van der Waals surface area contributed by atoms with E-state index in [9.17, 15) is 29.4 Å². The average molecular weight is 697 g/mol. The molecule has 4 amide bonds. The number of hydrogen-bond acceptors (Lipinski definition) is 12. The minimum atomic E-state index is -1.47. The molecule has 46 heavy (non-hydrogen) atoms. The molecule has 0 aromatic heterocycles. The summed E-state index contributed by atoms with van der Waals surface area (Å²) in [7, 11) is 8.28. The van der Waals surface area contributed by atoms with E-state index in [2.05, 4.69) is 10.6 Å². The number of nitrogens with one attached hydrogen (secondary N) is 2. The molecule has 10 aliphatic heterocycles. The number of para-hydroxylation sites is 2. The molecular weight excluding hydrogens is 669 g/mol. The summed E-state index contributed by atoms with van der Waals surface area (Å²) in [5, 5.41) is 28.6. The third-order valence-electron chi connectivity index (χ3n) is 12.0. The third-order valence-corrected chi connectivity index (χ3v) is 19.3. The number of likely N-dealkylation sites (N-methyl/N-ethyl adjacent to an activating group) is 2. The van der Waals surface area contributed by atoms with Gasteiger partial charge in [0.25, 0.3) is 23.6 Å². The van der Waals surface area contributed by atoms with Gasteiger partial charge in [0.1, 0.15) is 12.3 Å². The van der Waals surface area contributed by atoms with Crippen LogP contribution in [0.4, 0.5) is 11.4 Å². The van der Waals surface area contributed by atoms with E-state index in [1.165, 1.54) is 53.0 Å². The highest BCUT2D eigenvalue weighted by molar-refractivity contribution is 8.78. The van der Waals surface area contributed by atoms with E-state index in [0.717, 1.165) is 22.5 Å². The number of carbonyl (C=O) groups is 4. The summed E-state index contributed by atoms with van der Waals surface area (Å²) in [6, 6.07) is 15.8. The normalized spacial score (nSPS) is 43.7. The molecule has 0 unspecified atom stereocenters. The van der Waals surface area contributed by atoms with E-state index < -0.39 is 55.9 Å². The van der Waals surface area contributed by atoms with Gasteiger partial charge in [0.05, 0.1) is 24.0 Å². The van der Waals surface area contributed by atoms with Gasteiger partial charge in [-0.3, -0.25) is 29.0 Å². The van der Waals surface area contributed by atoms with Crippen LogP contribution in [0.1, 0.15) is 24.0 Å². The second kappa shape index (κ2) is 8.26. The molecule has 12 nitrogen and oxygen atoms in total. The predicted octanol–water partition coefficient (Wildman–Crippen LogP) is 1.33. The Hall–Kier alpha value is -2.76. The van der Waals surface area contributed by atoms with Crippen molar-refractivity contribution < 1.29 is 29.4 Å². The lowest BCUT2D eigenvalue weighted by molar-refractivity contribution is -0.166. The van der Waals surface area contributed by atoms with Gasteiger partial charge in [0.2, 0.25) is 9.74 Å². The molecule has 2 spiro atoms. The lowest BCUT2D eigenvalue weighted by Crippen LogP contribution is -2.77. The number of nitrogens with zero attached hydrogens (tertiary/aromatic N) is 4.